The highest BCUT2D eigenvalue weighted by molar-refractivity contribution is 5.94. The molecule has 0 radical (unpaired) electrons. The molecule has 0 spiro atoms. The first-order valence-corrected chi connectivity index (χ1v) is 9.77. The van der Waals surface area contributed by atoms with Crippen molar-refractivity contribution in [2.24, 2.45) is 4.99 Å². The van der Waals surface area contributed by atoms with Gasteiger partial charge in [-0.1, -0.05) is 19.1 Å². The monoisotopic (exact) mass is 358 g/mol. The van der Waals surface area contributed by atoms with Gasteiger partial charge in [-0.2, -0.15) is 0 Å². The fourth-order valence-corrected chi connectivity index (χ4v) is 3.61. The molecule has 2 saturated heterocycles. The molecule has 3 rings (SSSR count). The summed E-state index contributed by atoms with van der Waals surface area (Å²) in [6, 6.07) is 8.02. The maximum absolute atomic E-state index is 12.1. The summed E-state index contributed by atoms with van der Waals surface area (Å²) in [6.45, 7) is 6.15. The number of rotatable bonds is 7. The number of carbonyl (C=O) groups is 1. The maximum atomic E-state index is 12.1. The van der Waals surface area contributed by atoms with Crippen molar-refractivity contribution in [1.82, 2.24) is 16.0 Å². The summed E-state index contributed by atoms with van der Waals surface area (Å²) in [5.41, 5.74) is 1.71. The van der Waals surface area contributed by atoms with E-state index < -0.39 is 0 Å². The average molecular weight is 358 g/mol. The van der Waals surface area contributed by atoms with Gasteiger partial charge < -0.3 is 20.7 Å². The number of hydrogen-bond acceptors (Lipinski definition) is 3. The number of fused-ring (bicyclic) bond motifs is 2. The van der Waals surface area contributed by atoms with Gasteiger partial charge in [0.2, 0.25) is 0 Å². The van der Waals surface area contributed by atoms with Crippen LogP contribution < -0.4 is 16.0 Å². The highest BCUT2D eigenvalue weighted by Crippen LogP contribution is 2.34. The molecule has 1 aromatic carbocycles. The Balaban J connectivity index is 1.61. The molecule has 6 nitrogen and oxygen atoms in total. The molecule has 2 heterocycles. The van der Waals surface area contributed by atoms with Crippen LogP contribution in [-0.4, -0.2) is 43.2 Å². The lowest BCUT2D eigenvalue weighted by Gasteiger charge is -2.22. The Morgan fingerprint density at radius 3 is 2.85 bits per heavy atom. The number of nitrogens with one attached hydrogen (secondary N) is 3. The Morgan fingerprint density at radius 1 is 1.27 bits per heavy atom. The van der Waals surface area contributed by atoms with E-state index in [2.05, 4.69) is 22.9 Å². The smallest absolute Gasteiger partial charge is 0.251 e. The van der Waals surface area contributed by atoms with Crippen molar-refractivity contribution in [3.8, 4) is 0 Å². The lowest BCUT2D eigenvalue weighted by Crippen LogP contribution is -2.47. The van der Waals surface area contributed by atoms with Crippen molar-refractivity contribution in [2.75, 3.05) is 13.1 Å². The highest BCUT2D eigenvalue weighted by atomic mass is 16.5. The maximum Gasteiger partial charge on any atom is 0.251 e. The minimum atomic E-state index is -0.0261. The molecular formula is C20H30N4O2. The molecule has 0 aromatic heterocycles. The second-order valence-corrected chi connectivity index (χ2v) is 7.01. The van der Waals surface area contributed by atoms with Gasteiger partial charge in [-0.25, -0.2) is 4.99 Å². The quantitative estimate of drug-likeness (QED) is 0.516. The summed E-state index contributed by atoms with van der Waals surface area (Å²) in [7, 11) is 0. The van der Waals surface area contributed by atoms with Gasteiger partial charge in [0, 0.05) is 18.7 Å². The fraction of sp³-hybridized carbons (Fsp3) is 0.600. The number of benzene rings is 1. The van der Waals surface area contributed by atoms with Gasteiger partial charge in [0.15, 0.2) is 5.96 Å². The van der Waals surface area contributed by atoms with Crippen molar-refractivity contribution < 1.29 is 9.53 Å². The normalized spacial score (nSPS) is 24.5. The molecule has 3 atom stereocenters. The lowest BCUT2D eigenvalue weighted by molar-refractivity contribution is 0.0953. The summed E-state index contributed by atoms with van der Waals surface area (Å²) in [5, 5.41) is 9.74. The fourth-order valence-electron chi connectivity index (χ4n) is 3.61. The van der Waals surface area contributed by atoms with Gasteiger partial charge in [0.1, 0.15) is 0 Å². The number of guanidine groups is 1. The third-order valence-electron chi connectivity index (χ3n) is 4.92. The van der Waals surface area contributed by atoms with E-state index in [1.54, 1.807) is 0 Å². The lowest BCUT2D eigenvalue weighted by atomic mass is 9.96. The first-order chi connectivity index (χ1) is 12.7. The summed E-state index contributed by atoms with van der Waals surface area (Å²) in [4.78, 5) is 16.8. The summed E-state index contributed by atoms with van der Waals surface area (Å²) in [5.74, 6) is 0.788. The van der Waals surface area contributed by atoms with Crippen molar-refractivity contribution >= 4 is 11.9 Å². The van der Waals surface area contributed by atoms with Crippen LogP contribution in [0.15, 0.2) is 29.3 Å². The van der Waals surface area contributed by atoms with Crippen LogP contribution in [0.25, 0.3) is 0 Å². The van der Waals surface area contributed by atoms with E-state index in [9.17, 15) is 4.79 Å². The summed E-state index contributed by atoms with van der Waals surface area (Å²) in [6.07, 6.45) is 5.04. The molecule has 2 aliphatic rings. The standard InChI is InChI=1S/C20H30N4O2/c1-3-10-22-19(25)15-7-5-6-14(11-15)13-23-20(21-4-2)24-17-12-16-8-9-18(17)26-16/h5-7,11,16-18H,3-4,8-10,12-13H2,1-2H3,(H,22,25)(H2,21,23,24). The van der Waals surface area contributed by atoms with E-state index in [4.69, 9.17) is 9.73 Å². The molecule has 26 heavy (non-hydrogen) atoms. The Kier molecular flexibility index (Phi) is 6.50. The van der Waals surface area contributed by atoms with E-state index in [0.717, 1.165) is 37.3 Å². The van der Waals surface area contributed by atoms with Crippen molar-refractivity contribution in [1.29, 1.82) is 0 Å². The minimum absolute atomic E-state index is 0.0261. The Hall–Kier alpha value is -2.08. The van der Waals surface area contributed by atoms with Crippen LogP contribution >= 0.6 is 0 Å². The zero-order valence-electron chi connectivity index (χ0n) is 15.8. The minimum Gasteiger partial charge on any atom is -0.373 e. The van der Waals surface area contributed by atoms with Gasteiger partial charge in [-0.15, -0.1) is 0 Å². The SMILES string of the molecule is CCCNC(=O)c1cccc(CN=C(NCC)NC2CC3CCC2O3)c1. The van der Waals surface area contributed by atoms with Crippen LogP contribution in [0.3, 0.4) is 0 Å². The van der Waals surface area contributed by atoms with Crippen LogP contribution in [0, 0.1) is 0 Å². The third kappa shape index (κ3) is 4.75. The highest BCUT2D eigenvalue weighted by Gasteiger charge is 2.41. The number of ether oxygens (including phenoxy) is 1. The molecule has 3 unspecified atom stereocenters. The van der Waals surface area contributed by atoms with Crippen LogP contribution in [0.2, 0.25) is 0 Å². The summed E-state index contributed by atoms with van der Waals surface area (Å²) >= 11 is 0. The molecule has 0 saturated carbocycles. The molecule has 142 valence electrons. The van der Waals surface area contributed by atoms with E-state index in [1.165, 1.54) is 6.42 Å². The number of aliphatic imine (C=N–C) groups is 1. The first-order valence-electron chi connectivity index (χ1n) is 9.77. The van der Waals surface area contributed by atoms with Gasteiger partial charge in [0.25, 0.3) is 5.91 Å². The third-order valence-corrected chi connectivity index (χ3v) is 4.92. The van der Waals surface area contributed by atoms with Crippen LogP contribution in [0.1, 0.15) is 55.5 Å². The molecule has 1 amide bonds. The average Bonchev–Trinajstić information content (AvgIpc) is 3.27. The zero-order valence-corrected chi connectivity index (χ0v) is 15.8. The Labute approximate surface area is 155 Å². The van der Waals surface area contributed by atoms with Gasteiger partial charge in [-0.05, 0) is 50.3 Å². The summed E-state index contributed by atoms with van der Waals surface area (Å²) < 4.78 is 5.91. The predicted molar refractivity (Wildman–Crippen MR) is 103 cm³/mol. The van der Waals surface area contributed by atoms with Crippen molar-refractivity contribution in [2.45, 2.75) is 64.3 Å². The van der Waals surface area contributed by atoms with Crippen molar-refractivity contribution in [3.63, 3.8) is 0 Å². The number of nitrogens with zero attached hydrogens (tertiary/aromatic N) is 1. The van der Waals surface area contributed by atoms with E-state index in [1.807, 2.05) is 31.2 Å². The first kappa shape index (κ1) is 18.7. The van der Waals surface area contributed by atoms with Gasteiger partial charge in [0.05, 0.1) is 24.8 Å². The van der Waals surface area contributed by atoms with E-state index in [0.29, 0.717) is 36.9 Å². The molecule has 2 bridgehead atoms. The second kappa shape index (κ2) is 9.03. The van der Waals surface area contributed by atoms with Crippen molar-refractivity contribution in [3.05, 3.63) is 35.4 Å². The molecule has 6 heteroatoms. The predicted octanol–water partition coefficient (Wildman–Crippen LogP) is 2.20. The van der Waals surface area contributed by atoms with E-state index in [-0.39, 0.29) is 5.91 Å². The Morgan fingerprint density at radius 2 is 2.15 bits per heavy atom. The topological polar surface area (TPSA) is 74.8 Å². The molecular weight excluding hydrogens is 328 g/mol. The molecule has 3 N–H and O–H groups in total. The van der Waals surface area contributed by atoms with Gasteiger partial charge in [-0.3, -0.25) is 4.79 Å². The molecule has 2 fully saturated rings. The zero-order chi connectivity index (χ0) is 18.4. The second-order valence-electron chi connectivity index (χ2n) is 7.01. The van der Waals surface area contributed by atoms with Crippen LogP contribution in [0.5, 0.6) is 0 Å². The number of carbonyl (C=O) groups excluding carboxylic acids is 1. The van der Waals surface area contributed by atoms with Gasteiger partial charge >= 0.3 is 0 Å². The van der Waals surface area contributed by atoms with E-state index >= 15 is 0 Å². The largest absolute Gasteiger partial charge is 0.373 e. The van der Waals surface area contributed by atoms with Crippen LogP contribution in [0.4, 0.5) is 0 Å². The Bertz CT molecular complexity index is 646. The number of amides is 1. The molecule has 0 aliphatic carbocycles. The van der Waals surface area contributed by atoms with Crippen LogP contribution in [-0.2, 0) is 11.3 Å². The molecule has 2 aliphatic heterocycles. The number of hydrogen-bond donors (Lipinski definition) is 3. The molecule has 1 aromatic rings.